The van der Waals surface area contributed by atoms with Crippen molar-refractivity contribution in [3.8, 4) is 5.75 Å². The molecule has 2 unspecified atom stereocenters. The Bertz CT molecular complexity index is 419. The van der Waals surface area contributed by atoms with Gasteiger partial charge in [-0.15, -0.1) is 0 Å². The van der Waals surface area contributed by atoms with Crippen LogP contribution in [0.5, 0.6) is 5.75 Å². The molecule has 2 rings (SSSR count). The Hall–Kier alpha value is -1.22. The van der Waals surface area contributed by atoms with Gasteiger partial charge in [0.2, 0.25) is 0 Å². The molecule has 1 aliphatic carbocycles. The van der Waals surface area contributed by atoms with Crippen LogP contribution >= 0.6 is 0 Å². The van der Waals surface area contributed by atoms with Gasteiger partial charge < -0.3 is 15.8 Å². The zero-order valence-corrected chi connectivity index (χ0v) is 11.6. The maximum absolute atomic E-state index is 6.03. The van der Waals surface area contributed by atoms with Crippen LogP contribution in [0.25, 0.3) is 0 Å². The summed E-state index contributed by atoms with van der Waals surface area (Å²) in [6.07, 6.45) is 3.67. The predicted molar refractivity (Wildman–Crippen MR) is 76.2 cm³/mol. The lowest BCUT2D eigenvalue weighted by Crippen LogP contribution is -2.47. The minimum Gasteiger partial charge on any atom is -0.497 e. The second-order valence-corrected chi connectivity index (χ2v) is 5.46. The van der Waals surface area contributed by atoms with E-state index in [2.05, 4.69) is 31.3 Å². The summed E-state index contributed by atoms with van der Waals surface area (Å²) < 4.78 is 5.30. The number of nitrogens with one attached hydrogen (secondary N) is 1. The molecule has 0 spiro atoms. The van der Waals surface area contributed by atoms with Crippen molar-refractivity contribution in [3.63, 3.8) is 0 Å². The lowest BCUT2D eigenvalue weighted by Gasteiger charge is -2.35. The molecule has 3 heteroatoms. The smallest absolute Gasteiger partial charge is 0.120 e. The highest BCUT2D eigenvalue weighted by Crippen LogP contribution is 2.38. The molecule has 3 N–H and O–H groups in total. The average molecular weight is 248 g/mol. The highest BCUT2D eigenvalue weighted by Gasteiger charge is 2.39. The zero-order valence-electron chi connectivity index (χ0n) is 11.6. The normalized spacial score (nSPS) is 27.2. The number of hydrogen-bond acceptors (Lipinski definition) is 3. The summed E-state index contributed by atoms with van der Waals surface area (Å²) in [7, 11) is 1.70. The SMILES string of the molecule is COc1ccc(C)c(NC2(CN)CCCC2C)c1. The number of benzene rings is 1. The summed E-state index contributed by atoms with van der Waals surface area (Å²) >= 11 is 0. The molecule has 0 saturated heterocycles. The minimum atomic E-state index is 0.0527. The summed E-state index contributed by atoms with van der Waals surface area (Å²) in [6.45, 7) is 5.10. The Kier molecular flexibility index (Phi) is 3.81. The van der Waals surface area contributed by atoms with E-state index in [0.717, 1.165) is 17.9 Å². The third kappa shape index (κ3) is 2.32. The van der Waals surface area contributed by atoms with Crippen LogP contribution in [0.1, 0.15) is 31.7 Å². The molecule has 0 amide bonds. The van der Waals surface area contributed by atoms with Gasteiger partial charge in [-0.3, -0.25) is 0 Å². The van der Waals surface area contributed by atoms with E-state index in [-0.39, 0.29) is 5.54 Å². The van der Waals surface area contributed by atoms with Crippen molar-refractivity contribution in [1.82, 2.24) is 0 Å². The number of nitrogens with two attached hydrogens (primary N) is 1. The molecule has 0 bridgehead atoms. The Morgan fingerprint density at radius 1 is 1.50 bits per heavy atom. The molecule has 0 radical (unpaired) electrons. The maximum Gasteiger partial charge on any atom is 0.120 e. The Morgan fingerprint density at radius 3 is 2.83 bits per heavy atom. The van der Waals surface area contributed by atoms with Gasteiger partial charge in [0, 0.05) is 18.3 Å². The van der Waals surface area contributed by atoms with E-state index in [0.29, 0.717) is 12.5 Å². The minimum absolute atomic E-state index is 0.0527. The molecule has 1 aromatic carbocycles. The van der Waals surface area contributed by atoms with Crippen LogP contribution in [0.3, 0.4) is 0 Å². The molecule has 1 aliphatic rings. The highest BCUT2D eigenvalue weighted by molar-refractivity contribution is 5.56. The third-order valence-electron chi connectivity index (χ3n) is 4.40. The molecule has 0 aliphatic heterocycles. The third-order valence-corrected chi connectivity index (χ3v) is 4.40. The van der Waals surface area contributed by atoms with Crippen molar-refractivity contribution in [3.05, 3.63) is 23.8 Å². The van der Waals surface area contributed by atoms with Gasteiger partial charge in [0.05, 0.1) is 12.6 Å². The van der Waals surface area contributed by atoms with E-state index in [9.17, 15) is 0 Å². The largest absolute Gasteiger partial charge is 0.497 e. The van der Waals surface area contributed by atoms with Crippen LogP contribution in [-0.2, 0) is 0 Å². The number of anilines is 1. The fourth-order valence-corrected chi connectivity index (χ4v) is 2.92. The summed E-state index contributed by atoms with van der Waals surface area (Å²) in [5.41, 5.74) is 8.47. The lowest BCUT2D eigenvalue weighted by atomic mass is 9.87. The van der Waals surface area contributed by atoms with Crippen molar-refractivity contribution < 1.29 is 4.74 Å². The average Bonchev–Trinajstić information content (AvgIpc) is 2.74. The second-order valence-electron chi connectivity index (χ2n) is 5.46. The van der Waals surface area contributed by atoms with Gasteiger partial charge in [0.25, 0.3) is 0 Å². The number of methoxy groups -OCH3 is 1. The van der Waals surface area contributed by atoms with E-state index in [1.165, 1.54) is 18.4 Å². The van der Waals surface area contributed by atoms with Crippen LogP contribution in [0.2, 0.25) is 0 Å². The quantitative estimate of drug-likeness (QED) is 0.861. The Labute approximate surface area is 110 Å². The molecule has 1 aromatic rings. The fraction of sp³-hybridized carbons (Fsp3) is 0.600. The molecule has 100 valence electrons. The molecule has 18 heavy (non-hydrogen) atoms. The molecular formula is C15H24N2O. The van der Waals surface area contributed by atoms with E-state index in [4.69, 9.17) is 10.5 Å². The van der Waals surface area contributed by atoms with Gasteiger partial charge in [0.1, 0.15) is 5.75 Å². The van der Waals surface area contributed by atoms with E-state index in [1.54, 1.807) is 7.11 Å². The Balaban J connectivity index is 2.27. The van der Waals surface area contributed by atoms with Crippen molar-refractivity contribution in [2.75, 3.05) is 19.0 Å². The first-order chi connectivity index (χ1) is 8.61. The summed E-state index contributed by atoms with van der Waals surface area (Å²) in [6, 6.07) is 6.15. The first-order valence-corrected chi connectivity index (χ1v) is 6.74. The lowest BCUT2D eigenvalue weighted by molar-refractivity contribution is 0.380. The fourth-order valence-electron chi connectivity index (χ4n) is 2.92. The first kappa shape index (κ1) is 13.2. The van der Waals surface area contributed by atoms with Crippen molar-refractivity contribution in [2.24, 2.45) is 11.7 Å². The van der Waals surface area contributed by atoms with Gasteiger partial charge in [-0.1, -0.05) is 19.4 Å². The van der Waals surface area contributed by atoms with E-state index < -0.39 is 0 Å². The van der Waals surface area contributed by atoms with Crippen molar-refractivity contribution >= 4 is 5.69 Å². The van der Waals surface area contributed by atoms with E-state index in [1.807, 2.05) is 6.07 Å². The van der Waals surface area contributed by atoms with Crippen molar-refractivity contribution in [1.29, 1.82) is 0 Å². The molecular weight excluding hydrogens is 224 g/mol. The number of rotatable bonds is 4. The number of ether oxygens (including phenoxy) is 1. The van der Waals surface area contributed by atoms with E-state index >= 15 is 0 Å². The van der Waals surface area contributed by atoms with Gasteiger partial charge in [-0.05, 0) is 37.3 Å². The van der Waals surface area contributed by atoms with Crippen LogP contribution in [0, 0.1) is 12.8 Å². The molecule has 3 nitrogen and oxygen atoms in total. The Morgan fingerprint density at radius 2 is 2.28 bits per heavy atom. The van der Waals surface area contributed by atoms with Crippen LogP contribution in [-0.4, -0.2) is 19.2 Å². The summed E-state index contributed by atoms with van der Waals surface area (Å²) in [5, 5.41) is 3.69. The van der Waals surface area contributed by atoms with Gasteiger partial charge in [-0.25, -0.2) is 0 Å². The molecule has 0 heterocycles. The van der Waals surface area contributed by atoms with Gasteiger partial charge in [-0.2, -0.15) is 0 Å². The van der Waals surface area contributed by atoms with Crippen LogP contribution in [0.4, 0.5) is 5.69 Å². The highest BCUT2D eigenvalue weighted by atomic mass is 16.5. The zero-order chi connectivity index (χ0) is 13.2. The number of aryl methyl sites for hydroxylation is 1. The predicted octanol–water partition coefficient (Wildman–Crippen LogP) is 2.93. The standard InChI is InChI=1S/C15H24N2O/c1-11-6-7-13(18-3)9-14(11)17-15(10-16)8-4-5-12(15)2/h6-7,9,12,17H,4-5,8,10,16H2,1-3H3. The van der Waals surface area contributed by atoms with Gasteiger partial charge in [0.15, 0.2) is 0 Å². The molecule has 2 atom stereocenters. The molecule has 1 fully saturated rings. The summed E-state index contributed by atoms with van der Waals surface area (Å²) in [4.78, 5) is 0. The van der Waals surface area contributed by atoms with Crippen LogP contribution < -0.4 is 15.8 Å². The summed E-state index contributed by atoms with van der Waals surface area (Å²) in [5.74, 6) is 1.51. The first-order valence-electron chi connectivity index (χ1n) is 6.74. The molecule has 0 aromatic heterocycles. The second kappa shape index (κ2) is 5.19. The maximum atomic E-state index is 6.03. The topological polar surface area (TPSA) is 47.3 Å². The van der Waals surface area contributed by atoms with Gasteiger partial charge >= 0.3 is 0 Å². The molecule has 1 saturated carbocycles. The van der Waals surface area contributed by atoms with Crippen molar-refractivity contribution in [2.45, 2.75) is 38.6 Å². The van der Waals surface area contributed by atoms with Crippen LogP contribution in [0.15, 0.2) is 18.2 Å². The monoisotopic (exact) mass is 248 g/mol. The number of hydrogen-bond donors (Lipinski definition) is 2.